The van der Waals surface area contributed by atoms with Gasteiger partial charge in [-0.05, 0) is 25.6 Å². The highest BCUT2D eigenvalue weighted by Gasteiger charge is 2.35. The first-order chi connectivity index (χ1) is 11.3. The van der Waals surface area contributed by atoms with Crippen molar-refractivity contribution >= 4 is 5.69 Å². The van der Waals surface area contributed by atoms with Gasteiger partial charge in [0.15, 0.2) is 0 Å². The molecule has 0 bridgehead atoms. The Balaban J connectivity index is 0.00000254. The van der Waals surface area contributed by atoms with Crippen molar-refractivity contribution in [2.45, 2.75) is 39.9 Å². The van der Waals surface area contributed by atoms with Crippen LogP contribution in [-0.4, -0.2) is 36.5 Å². The molecular weight excluding hydrogens is 323 g/mol. The van der Waals surface area contributed by atoms with Crippen LogP contribution in [0.25, 0.3) is 0 Å². The molecule has 0 saturated carbocycles. The number of halogens is 3. The fourth-order valence-electron chi connectivity index (χ4n) is 2.18. The molecule has 0 amide bonds. The van der Waals surface area contributed by atoms with Gasteiger partial charge in [-0.2, -0.15) is 13.2 Å². The van der Waals surface area contributed by atoms with E-state index < -0.39 is 22.4 Å². The summed E-state index contributed by atoms with van der Waals surface area (Å²) in [5, 5.41) is 13.6. The number of non-ortho nitro benzene ring substituents is 1. The second-order valence-electron chi connectivity index (χ2n) is 4.98. The van der Waals surface area contributed by atoms with Gasteiger partial charge in [0.05, 0.1) is 10.5 Å². The Bertz CT molecular complexity index is 508. The first kappa shape index (κ1) is 22.3. The number of nitro groups is 1. The summed E-state index contributed by atoms with van der Waals surface area (Å²) in [4.78, 5) is 11.8. The van der Waals surface area contributed by atoms with Crippen LogP contribution in [0.15, 0.2) is 18.2 Å². The van der Waals surface area contributed by atoms with Gasteiger partial charge in [0.2, 0.25) is 0 Å². The van der Waals surface area contributed by atoms with Crippen molar-refractivity contribution in [3.05, 3.63) is 39.4 Å². The third kappa shape index (κ3) is 7.27. The van der Waals surface area contributed by atoms with E-state index in [2.05, 4.69) is 5.32 Å². The van der Waals surface area contributed by atoms with Crippen molar-refractivity contribution in [1.82, 2.24) is 10.2 Å². The number of benzene rings is 1. The molecule has 0 heterocycles. The molecule has 0 unspecified atom stereocenters. The molecule has 5 nitrogen and oxygen atoms in total. The van der Waals surface area contributed by atoms with Crippen LogP contribution in [0.2, 0.25) is 0 Å². The highest BCUT2D eigenvalue weighted by Crippen LogP contribution is 2.34. The Morgan fingerprint density at radius 1 is 1.25 bits per heavy atom. The lowest BCUT2D eigenvalue weighted by atomic mass is 10.1. The summed E-state index contributed by atoms with van der Waals surface area (Å²) in [6.07, 6.45) is -3.79. The van der Waals surface area contributed by atoms with E-state index in [9.17, 15) is 23.3 Å². The average molecular weight is 349 g/mol. The molecule has 0 aliphatic rings. The quantitative estimate of drug-likeness (QED) is 0.568. The molecule has 0 aliphatic carbocycles. The van der Waals surface area contributed by atoms with E-state index >= 15 is 0 Å². The van der Waals surface area contributed by atoms with Crippen LogP contribution in [0.3, 0.4) is 0 Å². The minimum atomic E-state index is -4.61. The van der Waals surface area contributed by atoms with Gasteiger partial charge in [-0.3, -0.25) is 15.0 Å². The van der Waals surface area contributed by atoms with Gasteiger partial charge < -0.3 is 5.32 Å². The Labute approximate surface area is 141 Å². The fraction of sp³-hybridized carbons (Fsp3) is 0.625. The Kier molecular flexibility index (Phi) is 10.2. The molecule has 1 N–H and O–H groups in total. The van der Waals surface area contributed by atoms with Crippen LogP contribution in [0.5, 0.6) is 0 Å². The predicted molar refractivity (Wildman–Crippen MR) is 88.9 cm³/mol. The molecule has 24 heavy (non-hydrogen) atoms. The standard InChI is InChI=1S/C14H20F3N3O2.C2H6/c1-3-7-19(8-6-18-2)10-11-4-5-12(20(21)22)9-13(11)14(15,16)17;1-2/h4-5,9,18H,3,6-8,10H2,1-2H3;1-2H3. The number of hydrogen-bond acceptors (Lipinski definition) is 4. The Hall–Kier alpha value is -1.67. The number of likely N-dealkylation sites (N-methyl/N-ethyl adjacent to an activating group) is 1. The minimum absolute atomic E-state index is 0.0580. The number of nitrogens with one attached hydrogen (secondary N) is 1. The van der Waals surface area contributed by atoms with E-state index in [1.54, 1.807) is 7.05 Å². The molecule has 0 fully saturated rings. The van der Waals surface area contributed by atoms with E-state index in [4.69, 9.17) is 0 Å². The summed E-state index contributed by atoms with van der Waals surface area (Å²) in [6.45, 7) is 8.00. The van der Waals surface area contributed by atoms with Crippen molar-refractivity contribution in [2.75, 3.05) is 26.7 Å². The van der Waals surface area contributed by atoms with Crippen LogP contribution < -0.4 is 5.32 Å². The lowest BCUT2D eigenvalue weighted by Gasteiger charge is -2.23. The normalized spacial score (nSPS) is 11.2. The number of nitrogens with zero attached hydrogens (tertiary/aromatic N) is 2. The number of rotatable bonds is 8. The van der Waals surface area contributed by atoms with Crippen molar-refractivity contribution in [3.8, 4) is 0 Å². The Morgan fingerprint density at radius 2 is 1.88 bits per heavy atom. The highest BCUT2D eigenvalue weighted by molar-refractivity contribution is 5.41. The maximum atomic E-state index is 13.1. The lowest BCUT2D eigenvalue weighted by Crippen LogP contribution is -2.31. The van der Waals surface area contributed by atoms with E-state index in [0.717, 1.165) is 12.5 Å². The number of nitro benzene ring substituents is 1. The van der Waals surface area contributed by atoms with Crippen molar-refractivity contribution in [1.29, 1.82) is 0 Å². The van der Waals surface area contributed by atoms with Gasteiger partial charge in [-0.25, -0.2) is 0 Å². The molecule has 0 radical (unpaired) electrons. The van der Waals surface area contributed by atoms with Crippen molar-refractivity contribution in [3.63, 3.8) is 0 Å². The fourth-order valence-corrected chi connectivity index (χ4v) is 2.18. The van der Waals surface area contributed by atoms with Crippen molar-refractivity contribution < 1.29 is 18.1 Å². The second kappa shape index (κ2) is 11.0. The highest BCUT2D eigenvalue weighted by atomic mass is 19.4. The smallest absolute Gasteiger partial charge is 0.318 e. The summed E-state index contributed by atoms with van der Waals surface area (Å²) in [6, 6.07) is 2.92. The number of hydrogen-bond donors (Lipinski definition) is 1. The van der Waals surface area contributed by atoms with E-state index in [-0.39, 0.29) is 12.1 Å². The van der Waals surface area contributed by atoms with Crippen LogP contribution in [0, 0.1) is 10.1 Å². The maximum Gasteiger partial charge on any atom is 0.416 e. The zero-order valence-corrected chi connectivity index (χ0v) is 14.6. The predicted octanol–water partition coefficient (Wildman–Crippen LogP) is 4.07. The molecule has 1 rings (SSSR count). The van der Waals surface area contributed by atoms with Crippen LogP contribution in [0.4, 0.5) is 18.9 Å². The van der Waals surface area contributed by atoms with E-state index in [1.807, 2.05) is 25.7 Å². The van der Waals surface area contributed by atoms with Crippen LogP contribution in [-0.2, 0) is 12.7 Å². The molecular formula is C16H26F3N3O2. The molecule has 1 aromatic carbocycles. The molecule has 0 aromatic heterocycles. The monoisotopic (exact) mass is 349 g/mol. The summed E-state index contributed by atoms with van der Waals surface area (Å²) in [5.74, 6) is 0. The molecule has 0 saturated heterocycles. The molecule has 138 valence electrons. The van der Waals surface area contributed by atoms with E-state index in [0.29, 0.717) is 25.7 Å². The average Bonchev–Trinajstić information content (AvgIpc) is 2.53. The minimum Gasteiger partial charge on any atom is -0.318 e. The summed E-state index contributed by atoms with van der Waals surface area (Å²) < 4.78 is 39.4. The SMILES string of the molecule is CC.CCCN(CCNC)Cc1ccc([N+](=O)[O-])cc1C(F)(F)F. The van der Waals surface area contributed by atoms with Gasteiger partial charge in [-0.15, -0.1) is 0 Å². The van der Waals surface area contributed by atoms with Crippen LogP contribution >= 0.6 is 0 Å². The molecule has 0 spiro atoms. The molecule has 1 aromatic rings. The van der Waals surface area contributed by atoms with E-state index in [1.165, 1.54) is 6.07 Å². The largest absolute Gasteiger partial charge is 0.416 e. The topological polar surface area (TPSA) is 58.4 Å². The zero-order valence-electron chi connectivity index (χ0n) is 14.6. The third-order valence-corrected chi connectivity index (χ3v) is 3.22. The van der Waals surface area contributed by atoms with Crippen molar-refractivity contribution in [2.24, 2.45) is 0 Å². The molecule has 0 atom stereocenters. The van der Waals surface area contributed by atoms with Gasteiger partial charge in [0.1, 0.15) is 0 Å². The Morgan fingerprint density at radius 3 is 2.33 bits per heavy atom. The summed E-state index contributed by atoms with van der Waals surface area (Å²) in [7, 11) is 1.77. The summed E-state index contributed by atoms with van der Waals surface area (Å²) in [5.41, 5.74) is -1.43. The van der Waals surface area contributed by atoms with Gasteiger partial charge in [0.25, 0.3) is 5.69 Å². The first-order valence-corrected chi connectivity index (χ1v) is 8.01. The molecule has 8 heteroatoms. The second-order valence-corrected chi connectivity index (χ2v) is 4.98. The third-order valence-electron chi connectivity index (χ3n) is 3.22. The van der Waals surface area contributed by atoms with Gasteiger partial charge in [0, 0.05) is 31.8 Å². The van der Waals surface area contributed by atoms with Crippen LogP contribution in [0.1, 0.15) is 38.3 Å². The lowest BCUT2D eigenvalue weighted by molar-refractivity contribution is -0.385. The zero-order chi connectivity index (χ0) is 18.8. The van der Waals surface area contributed by atoms with Gasteiger partial charge in [-0.1, -0.05) is 26.8 Å². The number of alkyl halides is 3. The molecule has 0 aliphatic heterocycles. The first-order valence-electron chi connectivity index (χ1n) is 8.01. The summed E-state index contributed by atoms with van der Waals surface area (Å²) >= 11 is 0. The van der Waals surface area contributed by atoms with Gasteiger partial charge >= 0.3 is 6.18 Å². The maximum absolute atomic E-state index is 13.1.